The monoisotopic (exact) mass is 474 g/mol. The minimum Gasteiger partial charge on any atom is -0.481 e. The minimum absolute atomic E-state index is 0.150. The molecule has 0 aliphatic carbocycles. The number of carboxylic acids is 1. The van der Waals surface area contributed by atoms with Gasteiger partial charge < -0.3 is 27.2 Å². The molecule has 0 unspecified atom stereocenters. The Kier molecular flexibility index (Phi) is 8.36. The molecule has 7 N–H and O–H groups in total. The second-order valence-electron chi connectivity index (χ2n) is 8.39. The van der Waals surface area contributed by atoms with Crippen LogP contribution in [-0.2, 0) is 15.0 Å². The maximum Gasteiger partial charge on any atom is 0.305 e. The van der Waals surface area contributed by atoms with Crippen molar-refractivity contribution in [1.82, 2.24) is 15.6 Å². The molecule has 1 aromatic heterocycles. The molecule has 2 amide bonds. The summed E-state index contributed by atoms with van der Waals surface area (Å²) >= 11 is 6.24. The summed E-state index contributed by atoms with van der Waals surface area (Å²) in [4.78, 5) is 44.0. The minimum atomic E-state index is -1.09. The number of nitrogens with one attached hydrogen (secondary N) is 2. The molecule has 0 fully saturated rings. The molecule has 2 aromatic rings. The topological polar surface area (TPSA) is 173 Å². The third kappa shape index (κ3) is 8.08. The van der Waals surface area contributed by atoms with Crippen molar-refractivity contribution in [2.45, 2.75) is 38.6 Å². The first-order valence-corrected chi connectivity index (χ1v) is 10.4. The Morgan fingerprint density at radius 3 is 2.45 bits per heavy atom. The molecule has 1 heterocycles. The number of hydrogen-bond acceptors (Lipinski definition) is 5. The summed E-state index contributed by atoms with van der Waals surface area (Å²) in [6.07, 6.45) is 2.32. The molecule has 1 aromatic carbocycles. The zero-order valence-corrected chi connectivity index (χ0v) is 19.3. The Balaban J connectivity index is 2.12. The van der Waals surface area contributed by atoms with E-state index in [1.54, 1.807) is 12.1 Å². The first kappa shape index (κ1) is 25.6. The van der Waals surface area contributed by atoms with Crippen LogP contribution in [0.25, 0.3) is 0 Å². The van der Waals surface area contributed by atoms with Gasteiger partial charge in [-0.15, -0.1) is 0 Å². The van der Waals surface area contributed by atoms with Crippen molar-refractivity contribution in [3.8, 4) is 0 Å². The summed E-state index contributed by atoms with van der Waals surface area (Å²) in [5.41, 5.74) is 12.3. The molecule has 176 valence electrons. The molecule has 0 aliphatic rings. The lowest BCUT2D eigenvalue weighted by molar-refractivity contribution is -0.137. The number of amides is 2. The van der Waals surface area contributed by atoms with Crippen LogP contribution in [0, 0.1) is 0 Å². The Hall–Kier alpha value is -3.66. The number of aromatic nitrogens is 1. The molecule has 0 bridgehead atoms. The van der Waals surface area contributed by atoms with Gasteiger partial charge in [0.25, 0.3) is 5.91 Å². The third-order valence-electron chi connectivity index (χ3n) is 4.56. The highest BCUT2D eigenvalue weighted by atomic mass is 35.5. The first-order valence-electron chi connectivity index (χ1n) is 10.00. The van der Waals surface area contributed by atoms with Gasteiger partial charge in [-0.2, -0.15) is 0 Å². The van der Waals surface area contributed by atoms with E-state index in [0.29, 0.717) is 10.6 Å². The molecular formula is C22H27ClN6O4. The smallest absolute Gasteiger partial charge is 0.305 e. The van der Waals surface area contributed by atoms with Crippen LogP contribution >= 0.6 is 11.6 Å². The number of pyridine rings is 1. The molecule has 10 nitrogen and oxygen atoms in total. The number of carboxylic acid groups (broad SMARTS) is 1. The molecule has 11 heteroatoms. The van der Waals surface area contributed by atoms with E-state index >= 15 is 0 Å². The molecule has 2 rings (SSSR count). The van der Waals surface area contributed by atoms with Crippen molar-refractivity contribution in [2.24, 2.45) is 16.5 Å². The van der Waals surface area contributed by atoms with Gasteiger partial charge in [0.2, 0.25) is 5.91 Å². The van der Waals surface area contributed by atoms with E-state index in [0.717, 1.165) is 5.56 Å². The van der Waals surface area contributed by atoms with Crippen molar-refractivity contribution in [2.75, 3.05) is 6.54 Å². The first-order chi connectivity index (χ1) is 15.3. The average molecular weight is 475 g/mol. The summed E-state index contributed by atoms with van der Waals surface area (Å²) in [5.74, 6) is -2.42. The van der Waals surface area contributed by atoms with Crippen LogP contribution in [0.2, 0.25) is 5.02 Å². The van der Waals surface area contributed by atoms with Crippen LogP contribution in [0.15, 0.2) is 41.7 Å². The number of rotatable bonds is 8. The largest absolute Gasteiger partial charge is 0.481 e. The molecule has 0 aliphatic heterocycles. The fourth-order valence-corrected chi connectivity index (χ4v) is 3.19. The Bertz CT molecular complexity index is 1080. The van der Waals surface area contributed by atoms with Gasteiger partial charge in [-0.05, 0) is 34.7 Å². The van der Waals surface area contributed by atoms with E-state index in [4.69, 9.17) is 23.1 Å². The zero-order valence-electron chi connectivity index (χ0n) is 18.6. The predicted molar refractivity (Wildman–Crippen MR) is 125 cm³/mol. The lowest BCUT2D eigenvalue weighted by Gasteiger charge is -2.23. The average Bonchev–Trinajstić information content (AvgIpc) is 2.69. The fraction of sp³-hybridized carbons (Fsp3) is 0.318. The summed E-state index contributed by atoms with van der Waals surface area (Å²) in [7, 11) is 0. The number of nitrogens with zero attached hydrogens (tertiary/aromatic N) is 2. The van der Waals surface area contributed by atoms with Crippen molar-refractivity contribution in [3.63, 3.8) is 0 Å². The highest BCUT2D eigenvalue weighted by Gasteiger charge is 2.22. The molecule has 1 atom stereocenters. The predicted octanol–water partition coefficient (Wildman–Crippen LogP) is 2.00. The normalized spacial score (nSPS) is 11.9. The number of guanidine groups is 1. The maximum absolute atomic E-state index is 12.5. The highest BCUT2D eigenvalue weighted by Crippen LogP contribution is 2.30. The Morgan fingerprint density at radius 1 is 1.15 bits per heavy atom. The summed E-state index contributed by atoms with van der Waals surface area (Å²) in [6, 6.07) is 5.81. The summed E-state index contributed by atoms with van der Waals surface area (Å²) in [5, 5.41) is 14.9. The van der Waals surface area contributed by atoms with Crippen LogP contribution in [0.3, 0.4) is 0 Å². The summed E-state index contributed by atoms with van der Waals surface area (Å²) in [6.45, 7) is 5.62. The number of aliphatic carboxylic acids is 1. The lowest BCUT2D eigenvalue weighted by atomic mass is 9.85. The zero-order chi connectivity index (χ0) is 24.8. The second-order valence-corrected chi connectivity index (χ2v) is 8.83. The number of carbonyl (C=O) groups excluding carboxylic acids is 2. The van der Waals surface area contributed by atoms with Crippen molar-refractivity contribution < 1.29 is 19.5 Å². The fourth-order valence-electron chi connectivity index (χ4n) is 2.94. The van der Waals surface area contributed by atoms with E-state index in [-0.39, 0.29) is 35.6 Å². The molecule has 0 saturated heterocycles. The number of halogens is 1. The lowest BCUT2D eigenvalue weighted by Crippen LogP contribution is -2.39. The number of carbonyl (C=O) groups is 3. The number of hydrogen-bond donors (Lipinski definition) is 5. The van der Waals surface area contributed by atoms with Gasteiger partial charge in [0.05, 0.1) is 36.5 Å². The van der Waals surface area contributed by atoms with Crippen LogP contribution in [0.5, 0.6) is 0 Å². The summed E-state index contributed by atoms with van der Waals surface area (Å²) < 4.78 is 0. The highest BCUT2D eigenvalue weighted by molar-refractivity contribution is 6.30. The molecule has 33 heavy (non-hydrogen) atoms. The Morgan fingerprint density at radius 2 is 1.85 bits per heavy atom. The number of aliphatic imine (C=N–C) groups is 1. The van der Waals surface area contributed by atoms with Crippen LogP contribution in [0.4, 0.5) is 5.69 Å². The van der Waals surface area contributed by atoms with E-state index in [9.17, 15) is 19.5 Å². The maximum atomic E-state index is 12.5. The quantitative estimate of drug-likeness (QED) is 0.287. The van der Waals surface area contributed by atoms with Crippen molar-refractivity contribution in [1.29, 1.82) is 0 Å². The van der Waals surface area contributed by atoms with Crippen LogP contribution < -0.4 is 22.1 Å². The van der Waals surface area contributed by atoms with E-state index in [1.807, 2.05) is 26.8 Å². The van der Waals surface area contributed by atoms with Crippen molar-refractivity contribution >= 4 is 41.0 Å². The Labute approximate surface area is 196 Å². The SMILES string of the molecule is CC(C)(C)c1cc(Cl)cc([C@H](CC(=O)O)NC(=O)CNC(=O)c2cncc(N=C(N)N)c2)c1. The van der Waals surface area contributed by atoms with Gasteiger partial charge in [0.15, 0.2) is 5.96 Å². The van der Waals surface area contributed by atoms with Crippen molar-refractivity contribution in [3.05, 3.63) is 58.4 Å². The molecule has 0 spiro atoms. The van der Waals surface area contributed by atoms with Gasteiger partial charge in [-0.25, -0.2) is 4.99 Å². The van der Waals surface area contributed by atoms with Gasteiger partial charge in [-0.1, -0.05) is 38.4 Å². The van der Waals surface area contributed by atoms with Crippen LogP contribution in [0.1, 0.15) is 54.7 Å². The van der Waals surface area contributed by atoms with Gasteiger partial charge in [0, 0.05) is 11.2 Å². The van der Waals surface area contributed by atoms with Gasteiger partial charge >= 0.3 is 5.97 Å². The van der Waals surface area contributed by atoms with E-state index in [1.165, 1.54) is 18.5 Å². The van der Waals surface area contributed by atoms with Gasteiger partial charge in [-0.3, -0.25) is 19.4 Å². The van der Waals surface area contributed by atoms with Gasteiger partial charge in [0.1, 0.15) is 0 Å². The molecule has 0 saturated carbocycles. The second kappa shape index (κ2) is 10.8. The van der Waals surface area contributed by atoms with Crippen LogP contribution in [-0.4, -0.2) is 40.4 Å². The molecular weight excluding hydrogens is 448 g/mol. The standard InChI is InChI=1S/C22H27ClN6O4/c1-22(2,3)14-4-12(5-15(23)7-14)17(8-19(31)32)29-18(30)11-27-20(33)13-6-16(10-26-9-13)28-21(24)25/h4-7,9-10,17H,8,11H2,1-3H3,(H,27,33)(H,29,30)(H,31,32)(H4,24,25,28)/t17-/m0/s1. The van der Waals surface area contributed by atoms with E-state index < -0.39 is 23.8 Å². The number of benzene rings is 1. The number of nitrogens with two attached hydrogens (primary N) is 2. The third-order valence-corrected chi connectivity index (χ3v) is 4.77. The van der Waals surface area contributed by atoms with E-state index in [2.05, 4.69) is 20.6 Å². The molecule has 0 radical (unpaired) electrons.